The van der Waals surface area contributed by atoms with Crippen molar-refractivity contribution in [1.82, 2.24) is 0 Å². The number of rotatable bonds is 9. The summed E-state index contributed by atoms with van der Waals surface area (Å²) in [7, 11) is 0. The van der Waals surface area contributed by atoms with Crippen LogP contribution in [0.5, 0.6) is 0 Å². The molecule has 0 aliphatic heterocycles. The van der Waals surface area contributed by atoms with Crippen molar-refractivity contribution >= 4 is 46.6 Å². The lowest BCUT2D eigenvalue weighted by molar-refractivity contribution is 1.25. The van der Waals surface area contributed by atoms with E-state index in [0.717, 1.165) is 45.3 Å². The third-order valence-electron chi connectivity index (χ3n) is 7.95. The minimum Gasteiger partial charge on any atom is -0.311 e. The quantitative estimate of drug-likeness (QED) is 0.122. The van der Waals surface area contributed by atoms with Gasteiger partial charge in [-0.15, -0.1) is 0 Å². The molecule has 0 N–H and O–H groups in total. The van der Waals surface area contributed by atoms with Gasteiger partial charge in [-0.05, 0) is 112 Å². The van der Waals surface area contributed by atoms with E-state index in [1.54, 1.807) is 12.4 Å². The maximum atomic E-state index is 4.34. The molecule has 6 rings (SSSR count). The Kier molecular flexibility index (Phi) is 9.17. The van der Waals surface area contributed by atoms with E-state index in [2.05, 4.69) is 193 Å². The second-order valence-electron chi connectivity index (χ2n) is 11.7. The summed E-state index contributed by atoms with van der Waals surface area (Å²) in [6, 6.07) is 51.2. The van der Waals surface area contributed by atoms with Gasteiger partial charge < -0.3 is 9.80 Å². The highest BCUT2D eigenvalue weighted by Crippen LogP contribution is 2.36. The average molecular weight is 599 g/mol. The number of nitrogens with zero attached hydrogens (tertiary/aromatic N) is 4. The average Bonchev–Trinajstić information content (AvgIpc) is 3.08. The van der Waals surface area contributed by atoms with Gasteiger partial charge in [0.2, 0.25) is 0 Å². The molecule has 0 fully saturated rings. The van der Waals surface area contributed by atoms with Crippen LogP contribution < -0.4 is 9.80 Å². The topological polar surface area (TPSA) is 31.2 Å². The van der Waals surface area contributed by atoms with Crippen molar-refractivity contribution in [1.29, 1.82) is 0 Å². The Morgan fingerprint density at radius 3 is 0.717 bits per heavy atom. The minimum absolute atomic E-state index is 0.982. The molecule has 0 aromatic heterocycles. The lowest BCUT2D eigenvalue weighted by Crippen LogP contribution is -2.10. The smallest absolute Gasteiger partial charge is 0.0568 e. The maximum Gasteiger partial charge on any atom is 0.0568 e. The van der Waals surface area contributed by atoms with Gasteiger partial charge in [0, 0.05) is 34.1 Å². The predicted molar refractivity (Wildman–Crippen MR) is 196 cm³/mol. The molecule has 0 saturated heterocycles. The number of hydrogen-bond acceptors (Lipinski definition) is 4. The zero-order chi connectivity index (χ0) is 31.9. The first-order valence-corrected chi connectivity index (χ1v) is 15.6. The van der Waals surface area contributed by atoms with Crippen molar-refractivity contribution in [2.75, 3.05) is 9.80 Å². The fourth-order valence-corrected chi connectivity index (χ4v) is 5.29. The molecular formula is C42H38N4. The number of hydrogen-bond donors (Lipinski definition) is 0. The molecule has 0 aliphatic rings. The van der Waals surface area contributed by atoms with Crippen molar-refractivity contribution in [2.24, 2.45) is 10.2 Å². The Morgan fingerprint density at radius 2 is 0.500 bits per heavy atom. The van der Waals surface area contributed by atoms with E-state index in [1.165, 1.54) is 22.3 Å². The van der Waals surface area contributed by atoms with Crippen LogP contribution in [0.25, 0.3) is 0 Å². The van der Waals surface area contributed by atoms with Crippen LogP contribution in [0.4, 0.5) is 34.1 Å². The fraction of sp³-hybridized carbons (Fsp3) is 0.0952. The summed E-state index contributed by atoms with van der Waals surface area (Å²) < 4.78 is 0. The Labute approximate surface area is 272 Å². The molecule has 0 aliphatic carbocycles. The van der Waals surface area contributed by atoms with Gasteiger partial charge in [-0.25, -0.2) is 0 Å². The van der Waals surface area contributed by atoms with E-state index in [4.69, 9.17) is 0 Å². The SMILES string of the molecule is Cc1ccc(N(c2ccc(C)cc2)c2ccc(C=NN=Cc3ccc(N(c4ccc(C)cc4)c4ccc(C)cc4)cc3)cc2)cc1. The molecule has 0 amide bonds. The van der Waals surface area contributed by atoms with Gasteiger partial charge in [0.05, 0.1) is 12.4 Å². The zero-order valence-electron chi connectivity index (χ0n) is 26.8. The molecule has 0 unspecified atom stereocenters. The van der Waals surface area contributed by atoms with Crippen LogP contribution in [0.3, 0.4) is 0 Å². The van der Waals surface area contributed by atoms with Crippen LogP contribution in [0.2, 0.25) is 0 Å². The van der Waals surface area contributed by atoms with Crippen molar-refractivity contribution in [3.63, 3.8) is 0 Å². The Bertz CT molecular complexity index is 1680. The van der Waals surface area contributed by atoms with Gasteiger partial charge in [-0.1, -0.05) is 95.1 Å². The summed E-state index contributed by atoms with van der Waals surface area (Å²) >= 11 is 0. The summed E-state index contributed by atoms with van der Waals surface area (Å²) in [6.45, 7) is 8.44. The number of anilines is 6. The predicted octanol–water partition coefficient (Wildman–Crippen LogP) is 11.3. The Morgan fingerprint density at radius 1 is 0.304 bits per heavy atom. The van der Waals surface area contributed by atoms with E-state index in [9.17, 15) is 0 Å². The van der Waals surface area contributed by atoms with E-state index in [1.807, 2.05) is 0 Å². The first-order chi connectivity index (χ1) is 22.4. The summed E-state index contributed by atoms with van der Waals surface area (Å²) in [4.78, 5) is 4.53. The van der Waals surface area contributed by atoms with Gasteiger partial charge in [-0.3, -0.25) is 0 Å². The molecule has 0 radical (unpaired) electrons. The van der Waals surface area contributed by atoms with Gasteiger partial charge in [0.15, 0.2) is 0 Å². The molecule has 0 spiro atoms. The summed E-state index contributed by atoms with van der Waals surface area (Å²) in [5.74, 6) is 0. The largest absolute Gasteiger partial charge is 0.311 e. The van der Waals surface area contributed by atoms with Crippen LogP contribution in [-0.2, 0) is 0 Å². The lowest BCUT2D eigenvalue weighted by Gasteiger charge is -2.25. The molecule has 0 heterocycles. The van der Waals surface area contributed by atoms with Crippen LogP contribution in [0.15, 0.2) is 156 Å². The number of benzene rings is 6. The molecule has 0 atom stereocenters. The minimum atomic E-state index is 0.982. The van der Waals surface area contributed by atoms with Crippen molar-refractivity contribution in [2.45, 2.75) is 27.7 Å². The van der Waals surface area contributed by atoms with Crippen LogP contribution in [0, 0.1) is 27.7 Å². The first-order valence-electron chi connectivity index (χ1n) is 15.6. The molecule has 226 valence electrons. The zero-order valence-corrected chi connectivity index (χ0v) is 26.8. The van der Waals surface area contributed by atoms with E-state index in [0.29, 0.717) is 0 Å². The fourth-order valence-electron chi connectivity index (χ4n) is 5.29. The molecule has 4 heteroatoms. The van der Waals surface area contributed by atoms with Crippen molar-refractivity contribution < 1.29 is 0 Å². The third-order valence-corrected chi connectivity index (χ3v) is 7.95. The van der Waals surface area contributed by atoms with Crippen molar-refractivity contribution in [3.05, 3.63) is 179 Å². The summed E-state index contributed by atoms with van der Waals surface area (Å²) in [5.41, 5.74) is 13.6. The van der Waals surface area contributed by atoms with Crippen LogP contribution in [0.1, 0.15) is 33.4 Å². The standard InChI is InChI=1S/C42H38N4/c1-31-5-17-37(18-6-31)45(38-19-7-32(2)8-20-38)41-25-13-35(14-26-41)29-43-44-30-36-15-27-42(28-16-36)46(39-21-9-33(3)10-22-39)40-23-11-34(4)12-24-40/h5-30H,1-4H3. The number of aryl methyl sites for hydroxylation is 4. The van der Waals surface area contributed by atoms with E-state index >= 15 is 0 Å². The van der Waals surface area contributed by atoms with Gasteiger partial charge in [-0.2, -0.15) is 10.2 Å². The molecule has 4 nitrogen and oxygen atoms in total. The van der Waals surface area contributed by atoms with Gasteiger partial charge in [0.1, 0.15) is 0 Å². The highest BCUT2D eigenvalue weighted by Gasteiger charge is 2.13. The Balaban J connectivity index is 1.17. The molecule has 0 saturated carbocycles. The third kappa shape index (κ3) is 7.31. The van der Waals surface area contributed by atoms with Gasteiger partial charge >= 0.3 is 0 Å². The normalized spacial score (nSPS) is 11.3. The lowest BCUT2D eigenvalue weighted by atomic mass is 10.1. The van der Waals surface area contributed by atoms with Gasteiger partial charge in [0.25, 0.3) is 0 Å². The molecule has 46 heavy (non-hydrogen) atoms. The van der Waals surface area contributed by atoms with Crippen molar-refractivity contribution in [3.8, 4) is 0 Å². The van der Waals surface area contributed by atoms with E-state index < -0.39 is 0 Å². The van der Waals surface area contributed by atoms with Crippen LogP contribution >= 0.6 is 0 Å². The highest BCUT2D eigenvalue weighted by atomic mass is 15.2. The second kappa shape index (κ2) is 13.9. The second-order valence-corrected chi connectivity index (χ2v) is 11.7. The highest BCUT2D eigenvalue weighted by molar-refractivity contribution is 5.85. The molecule has 6 aromatic rings. The Hall–Kier alpha value is -5.74. The summed E-state index contributed by atoms with van der Waals surface area (Å²) in [6.07, 6.45) is 3.57. The molecular weight excluding hydrogens is 560 g/mol. The molecule has 0 bridgehead atoms. The maximum absolute atomic E-state index is 4.34. The van der Waals surface area contributed by atoms with Crippen LogP contribution in [-0.4, -0.2) is 12.4 Å². The molecule has 6 aromatic carbocycles. The monoisotopic (exact) mass is 598 g/mol. The summed E-state index contributed by atoms with van der Waals surface area (Å²) in [5, 5.41) is 8.67. The first kappa shape index (κ1) is 30.3. The van der Waals surface area contributed by atoms with E-state index in [-0.39, 0.29) is 0 Å².